The number of hydrogen-bond donors (Lipinski definition) is 0. The molecular formula is C12H16. The van der Waals surface area contributed by atoms with Gasteiger partial charge in [0.25, 0.3) is 0 Å². The van der Waals surface area contributed by atoms with Crippen molar-refractivity contribution in [2.24, 2.45) is 0 Å². The highest BCUT2D eigenvalue weighted by atomic mass is 13.9. The van der Waals surface area contributed by atoms with E-state index in [4.69, 9.17) is 0 Å². The fraction of sp³-hybridized carbons (Fsp3) is 0.667. The Morgan fingerprint density at radius 2 is 0.833 bits per heavy atom. The van der Waals surface area contributed by atoms with Gasteiger partial charge in [0.05, 0.1) is 0 Å². The van der Waals surface area contributed by atoms with Crippen LogP contribution >= 0.6 is 0 Å². The monoisotopic (exact) mass is 160 g/mol. The first-order valence-corrected chi connectivity index (χ1v) is 4.91. The average molecular weight is 160 g/mol. The lowest BCUT2D eigenvalue weighted by atomic mass is 10.1. The lowest BCUT2D eigenvalue weighted by molar-refractivity contribution is 0.660. The first kappa shape index (κ1) is 9.21. The van der Waals surface area contributed by atoms with E-state index in [1.807, 2.05) is 0 Å². The Kier molecular flexibility index (Phi) is 5.22. The van der Waals surface area contributed by atoms with Crippen LogP contribution in [-0.2, 0) is 0 Å². The molecule has 0 spiro atoms. The normalized spacial score (nSPS) is 18.7. The van der Waals surface area contributed by atoms with E-state index in [0.717, 1.165) is 25.7 Å². The Morgan fingerprint density at radius 3 is 1.33 bits per heavy atom. The smallest absolute Gasteiger partial charge is 0.0198 e. The third-order valence-electron chi connectivity index (χ3n) is 1.98. The minimum absolute atomic E-state index is 0.965. The molecule has 0 fully saturated rings. The summed E-state index contributed by atoms with van der Waals surface area (Å²) in [6.45, 7) is 0. The maximum Gasteiger partial charge on any atom is 0.0198 e. The van der Waals surface area contributed by atoms with Crippen LogP contribution in [0.25, 0.3) is 0 Å². The minimum atomic E-state index is 0.965. The molecule has 0 N–H and O–H groups in total. The van der Waals surface area contributed by atoms with Gasteiger partial charge in [0, 0.05) is 25.7 Å². The molecule has 0 aromatic heterocycles. The fourth-order valence-electron chi connectivity index (χ4n) is 1.26. The van der Waals surface area contributed by atoms with Crippen LogP contribution in [0.15, 0.2) is 0 Å². The second-order valence-corrected chi connectivity index (χ2v) is 3.12. The first-order valence-electron chi connectivity index (χ1n) is 4.91. The maximum atomic E-state index is 3.19. The molecule has 0 aromatic carbocycles. The molecule has 64 valence electrons. The zero-order valence-electron chi connectivity index (χ0n) is 7.66. The van der Waals surface area contributed by atoms with Crippen LogP contribution in [0.5, 0.6) is 0 Å². The Labute approximate surface area is 75.7 Å². The van der Waals surface area contributed by atoms with E-state index in [0.29, 0.717) is 0 Å². The van der Waals surface area contributed by atoms with Gasteiger partial charge in [-0.3, -0.25) is 0 Å². The van der Waals surface area contributed by atoms with Gasteiger partial charge < -0.3 is 0 Å². The molecule has 1 rings (SSSR count). The Balaban J connectivity index is 2.27. The summed E-state index contributed by atoms with van der Waals surface area (Å²) in [5, 5.41) is 0. The molecule has 0 saturated heterocycles. The molecule has 0 heterocycles. The van der Waals surface area contributed by atoms with Gasteiger partial charge in [0.1, 0.15) is 0 Å². The SMILES string of the molecule is C1#CCCCCCCC#CCC1. The molecule has 0 atom stereocenters. The van der Waals surface area contributed by atoms with Gasteiger partial charge in [0.15, 0.2) is 0 Å². The molecule has 0 heteroatoms. The molecule has 0 aliphatic heterocycles. The summed E-state index contributed by atoms with van der Waals surface area (Å²) in [7, 11) is 0. The van der Waals surface area contributed by atoms with Gasteiger partial charge in [-0.05, 0) is 12.8 Å². The van der Waals surface area contributed by atoms with Crippen LogP contribution in [0.3, 0.4) is 0 Å². The summed E-state index contributed by atoms with van der Waals surface area (Å²) in [4.78, 5) is 0. The molecule has 0 radical (unpaired) electrons. The summed E-state index contributed by atoms with van der Waals surface area (Å²) in [6, 6.07) is 0. The molecule has 0 bridgehead atoms. The van der Waals surface area contributed by atoms with Gasteiger partial charge >= 0.3 is 0 Å². The number of rotatable bonds is 0. The van der Waals surface area contributed by atoms with E-state index in [1.54, 1.807) is 0 Å². The third kappa shape index (κ3) is 4.86. The average Bonchev–Trinajstić information content (AvgIpc) is 2.05. The molecular weight excluding hydrogens is 144 g/mol. The van der Waals surface area contributed by atoms with Crippen LogP contribution < -0.4 is 0 Å². The van der Waals surface area contributed by atoms with Crippen molar-refractivity contribution in [1.82, 2.24) is 0 Å². The molecule has 1 aliphatic rings. The molecule has 0 unspecified atom stereocenters. The van der Waals surface area contributed by atoms with Gasteiger partial charge in [0.2, 0.25) is 0 Å². The van der Waals surface area contributed by atoms with E-state index >= 15 is 0 Å². The summed E-state index contributed by atoms with van der Waals surface area (Å²) < 4.78 is 0. The topological polar surface area (TPSA) is 0 Å². The molecule has 0 saturated carbocycles. The fourth-order valence-corrected chi connectivity index (χ4v) is 1.26. The molecule has 0 aromatic rings. The van der Waals surface area contributed by atoms with Crippen molar-refractivity contribution in [3.05, 3.63) is 0 Å². The van der Waals surface area contributed by atoms with E-state index < -0.39 is 0 Å². The maximum absolute atomic E-state index is 3.19. The lowest BCUT2D eigenvalue weighted by Gasteiger charge is -1.95. The van der Waals surface area contributed by atoms with Crippen molar-refractivity contribution in [2.45, 2.75) is 51.4 Å². The predicted molar refractivity (Wildman–Crippen MR) is 52.5 cm³/mol. The zero-order valence-corrected chi connectivity index (χ0v) is 7.66. The summed E-state index contributed by atoms with van der Waals surface area (Å²) in [6.07, 6.45) is 9.33. The minimum Gasteiger partial charge on any atom is -0.103 e. The highest BCUT2D eigenvalue weighted by molar-refractivity contribution is 5.05. The van der Waals surface area contributed by atoms with Crippen LogP contribution in [0.4, 0.5) is 0 Å². The zero-order chi connectivity index (χ0) is 8.49. The summed E-state index contributed by atoms with van der Waals surface area (Å²) in [5.41, 5.74) is 0. The van der Waals surface area contributed by atoms with Crippen molar-refractivity contribution >= 4 is 0 Å². The number of hydrogen-bond acceptors (Lipinski definition) is 0. The van der Waals surface area contributed by atoms with Crippen molar-refractivity contribution in [3.8, 4) is 23.7 Å². The summed E-state index contributed by atoms with van der Waals surface area (Å²) in [5.74, 6) is 12.7. The first-order chi connectivity index (χ1) is 6.00. The second kappa shape index (κ2) is 6.81. The van der Waals surface area contributed by atoms with Gasteiger partial charge in [-0.15, -0.1) is 23.7 Å². The van der Waals surface area contributed by atoms with Crippen LogP contribution in [0, 0.1) is 23.7 Å². The van der Waals surface area contributed by atoms with Crippen molar-refractivity contribution in [3.63, 3.8) is 0 Å². The van der Waals surface area contributed by atoms with Gasteiger partial charge in [-0.1, -0.05) is 12.8 Å². The van der Waals surface area contributed by atoms with Crippen molar-refractivity contribution < 1.29 is 0 Å². The third-order valence-corrected chi connectivity index (χ3v) is 1.98. The van der Waals surface area contributed by atoms with Gasteiger partial charge in [-0.2, -0.15) is 0 Å². The van der Waals surface area contributed by atoms with E-state index in [2.05, 4.69) is 23.7 Å². The van der Waals surface area contributed by atoms with Crippen LogP contribution in [0.2, 0.25) is 0 Å². The molecule has 1 aliphatic carbocycles. The molecule has 12 heavy (non-hydrogen) atoms. The van der Waals surface area contributed by atoms with E-state index in [-0.39, 0.29) is 0 Å². The standard InChI is InChI=1S/C12H16/c1-2-4-6-8-10-12-11-9-7-5-3-1/h1-6,11-12H2. The van der Waals surface area contributed by atoms with E-state index in [9.17, 15) is 0 Å². The largest absolute Gasteiger partial charge is 0.103 e. The molecule has 0 nitrogen and oxygen atoms in total. The van der Waals surface area contributed by atoms with E-state index in [1.165, 1.54) is 25.7 Å². The Hall–Kier alpha value is -0.880. The van der Waals surface area contributed by atoms with Crippen LogP contribution in [0.1, 0.15) is 51.4 Å². The van der Waals surface area contributed by atoms with Gasteiger partial charge in [-0.25, -0.2) is 0 Å². The summed E-state index contributed by atoms with van der Waals surface area (Å²) >= 11 is 0. The second-order valence-electron chi connectivity index (χ2n) is 3.12. The lowest BCUT2D eigenvalue weighted by Crippen LogP contribution is -1.78. The highest BCUT2D eigenvalue weighted by Gasteiger charge is 1.88. The Bertz CT molecular complexity index is 190. The predicted octanol–water partition coefficient (Wildman–Crippen LogP) is 3.13. The van der Waals surface area contributed by atoms with Crippen molar-refractivity contribution in [2.75, 3.05) is 0 Å². The Morgan fingerprint density at radius 1 is 0.417 bits per heavy atom. The van der Waals surface area contributed by atoms with Crippen LogP contribution in [-0.4, -0.2) is 0 Å². The highest BCUT2D eigenvalue weighted by Crippen LogP contribution is 2.04. The molecule has 0 amide bonds. The quantitative estimate of drug-likeness (QED) is 0.478. The van der Waals surface area contributed by atoms with Crippen molar-refractivity contribution in [1.29, 1.82) is 0 Å².